The highest BCUT2D eigenvalue weighted by Crippen LogP contribution is 2.22. The molecule has 0 saturated heterocycles. The fourth-order valence-corrected chi connectivity index (χ4v) is 9.13. The van der Waals surface area contributed by atoms with Crippen molar-refractivity contribution in [3.63, 3.8) is 0 Å². The zero-order valence-corrected chi connectivity index (χ0v) is 15.6. The van der Waals surface area contributed by atoms with Crippen molar-refractivity contribution in [2.24, 2.45) is 0 Å². The minimum absolute atomic E-state index is 0.134. The Hall–Kier alpha value is -1.25. The minimum atomic E-state index is -0.793. The average Bonchev–Trinajstić information content (AvgIpc) is 2.67. The molecule has 1 aliphatic rings. The van der Waals surface area contributed by atoms with E-state index in [9.17, 15) is 9.59 Å². The number of nitrogens with zero attached hydrogens (tertiary/aromatic N) is 2. The zero-order chi connectivity index (χ0) is 15.6. The van der Waals surface area contributed by atoms with Gasteiger partial charge >= 0.3 is 0 Å². The molecule has 0 radical (unpaired) electrons. The van der Waals surface area contributed by atoms with E-state index in [1.807, 2.05) is 12.1 Å². The standard InChI is InChI=1S/C15H24N2O2Si2/c1-20(2)17(21(3)4)11-7-10-16-14(18)12-8-5-6-9-13(12)15(16)19/h5-6,8-9,20-21H,7,10-11H2,1-4H3. The summed E-state index contributed by atoms with van der Waals surface area (Å²) in [5, 5.41) is 0. The summed E-state index contributed by atoms with van der Waals surface area (Å²) in [5.41, 5.74) is 1.10. The molecule has 0 bridgehead atoms. The molecule has 0 atom stereocenters. The van der Waals surface area contributed by atoms with Crippen LogP contribution in [0.1, 0.15) is 27.1 Å². The Morgan fingerprint density at radius 3 is 1.86 bits per heavy atom. The SMILES string of the molecule is C[SiH](C)N(CCCN1C(=O)c2ccccc2C1=O)[SiH](C)C. The van der Waals surface area contributed by atoms with Crippen molar-refractivity contribution < 1.29 is 9.59 Å². The molecule has 0 N–H and O–H groups in total. The first kappa shape index (κ1) is 16.1. The third-order valence-corrected chi connectivity index (χ3v) is 10.8. The molecule has 0 aliphatic carbocycles. The monoisotopic (exact) mass is 320 g/mol. The van der Waals surface area contributed by atoms with Crippen LogP contribution >= 0.6 is 0 Å². The molecule has 1 heterocycles. The molecule has 1 aliphatic heterocycles. The van der Waals surface area contributed by atoms with Gasteiger partial charge in [-0.25, -0.2) is 0 Å². The highest BCUT2D eigenvalue weighted by molar-refractivity contribution is 6.69. The third-order valence-electron chi connectivity index (χ3n) is 4.00. The largest absolute Gasteiger partial charge is 0.350 e. The summed E-state index contributed by atoms with van der Waals surface area (Å²) >= 11 is 0. The van der Waals surface area contributed by atoms with Crippen LogP contribution in [0.5, 0.6) is 0 Å². The van der Waals surface area contributed by atoms with Crippen molar-refractivity contribution in [2.45, 2.75) is 32.6 Å². The molecule has 0 saturated carbocycles. The van der Waals surface area contributed by atoms with Gasteiger partial charge in [0.15, 0.2) is 0 Å². The van der Waals surface area contributed by atoms with Gasteiger partial charge < -0.3 is 4.23 Å². The van der Waals surface area contributed by atoms with Gasteiger partial charge in [0, 0.05) is 6.54 Å². The number of imide groups is 1. The lowest BCUT2D eigenvalue weighted by Gasteiger charge is -2.30. The molecule has 2 rings (SSSR count). The zero-order valence-electron chi connectivity index (χ0n) is 13.3. The van der Waals surface area contributed by atoms with Crippen molar-refractivity contribution in [2.75, 3.05) is 13.1 Å². The maximum absolute atomic E-state index is 12.3. The van der Waals surface area contributed by atoms with Crippen LogP contribution in [0, 0.1) is 0 Å². The predicted molar refractivity (Wildman–Crippen MR) is 90.9 cm³/mol. The second-order valence-corrected chi connectivity index (χ2v) is 12.4. The Morgan fingerprint density at radius 2 is 1.43 bits per heavy atom. The smallest absolute Gasteiger partial charge is 0.261 e. The van der Waals surface area contributed by atoms with Gasteiger partial charge in [0.2, 0.25) is 0 Å². The van der Waals surface area contributed by atoms with Crippen molar-refractivity contribution >= 4 is 29.7 Å². The first-order valence-corrected chi connectivity index (χ1v) is 13.3. The first-order chi connectivity index (χ1) is 9.93. The van der Waals surface area contributed by atoms with E-state index < -0.39 is 17.9 Å². The van der Waals surface area contributed by atoms with Gasteiger partial charge in [0.1, 0.15) is 0 Å². The second-order valence-electron chi connectivity index (χ2n) is 6.09. The number of benzene rings is 1. The van der Waals surface area contributed by atoms with Crippen LogP contribution in [0.4, 0.5) is 0 Å². The summed E-state index contributed by atoms with van der Waals surface area (Å²) < 4.78 is 2.65. The maximum Gasteiger partial charge on any atom is 0.261 e. The normalized spacial score (nSPS) is 14.7. The highest BCUT2D eigenvalue weighted by atomic mass is 28.3. The number of fused-ring (bicyclic) bond motifs is 1. The van der Waals surface area contributed by atoms with Crippen LogP contribution < -0.4 is 0 Å². The van der Waals surface area contributed by atoms with Crippen molar-refractivity contribution in [3.8, 4) is 0 Å². The third kappa shape index (κ3) is 3.33. The predicted octanol–water partition coefficient (Wildman–Crippen LogP) is 1.94. The van der Waals surface area contributed by atoms with Gasteiger partial charge in [-0.05, 0) is 25.1 Å². The number of hydrogen-bond acceptors (Lipinski definition) is 3. The maximum atomic E-state index is 12.3. The number of carbonyl (C=O) groups is 2. The second kappa shape index (κ2) is 6.68. The Kier molecular flexibility index (Phi) is 5.13. The Morgan fingerprint density at radius 1 is 0.952 bits per heavy atom. The van der Waals surface area contributed by atoms with E-state index >= 15 is 0 Å². The molecule has 0 spiro atoms. The molecule has 1 aromatic rings. The van der Waals surface area contributed by atoms with E-state index in [4.69, 9.17) is 0 Å². The average molecular weight is 321 g/mol. The van der Waals surface area contributed by atoms with Crippen LogP contribution in [-0.2, 0) is 0 Å². The van der Waals surface area contributed by atoms with Gasteiger partial charge in [-0.1, -0.05) is 38.3 Å². The minimum Gasteiger partial charge on any atom is -0.350 e. The van der Waals surface area contributed by atoms with Crippen LogP contribution in [0.2, 0.25) is 26.2 Å². The summed E-state index contributed by atoms with van der Waals surface area (Å²) in [6.45, 7) is 10.9. The van der Waals surface area contributed by atoms with Crippen LogP contribution in [0.3, 0.4) is 0 Å². The molecular formula is C15H24N2O2Si2. The number of carbonyl (C=O) groups excluding carboxylic acids is 2. The van der Waals surface area contributed by atoms with Gasteiger partial charge in [-0.3, -0.25) is 14.5 Å². The number of amides is 2. The van der Waals surface area contributed by atoms with Crippen LogP contribution in [0.25, 0.3) is 0 Å². The summed E-state index contributed by atoms with van der Waals surface area (Å²) in [4.78, 5) is 25.9. The Balaban J connectivity index is 1.97. The summed E-state index contributed by atoms with van der Waals surface area (Å²) in [6, 6.07) is 7.10. The number of hydrogen-bond donors (Lipinski definition) is 0. The molecule has 4 nitrogen and oxygen atoms in total. The van der Waals surface area contributed by atoms with E-state index in [0.29, 0.717) is 17.7 Å². The van der Waals surface area contributed by atoms with Crippen LogP contribution in [-0.4, -0.2) is 52.0 Å². The molecule has 0 fully saturated rings. The summed E-state index contributed by atoms with van der Waals surface area (Å²) in [7, 11) is -1.59. The van der Waals surface area contributed by atoms with E-state index in [0.717, 1.165) is 13.0 Å². The lowest BCUT2D eigenvalue weighted by atomic mass is 10.1. The molecule has 2 amide bonds. The molecular weight excluding hydrogens is 296 g/mol. The topological polar surface area (TPSA) is 40.6 Å². The molecule has 6 heteroatoms. The fraction of sp³-hybridized carbons (Fsp3) is 0.467. The van der Waals surface area contributed by atoms with Gasteiger partial charge in [0.05, 0.1) is 29.0 Å². The fourth-order valence-electron chi connectivity index (χ4n) is 2.97. The van der Waals surface area contributed by atoms with Gasteiger partial charge in [-0.2, -0.15) is 0 Å². The number of rotatable bonds is 6. The van der Waals surface area contributed by atoms with E-state index in [2.05, 4.69) is 30.4 Å². The highest BCUT2D eigenvalue weighted by Gasteiger charge is 2.34. The van der Waals surface area contributed by atoms with E-state index in [-0.39, 0.29) is 11.8 Å². The molecule has 0 unspecified atom stereocenters. The van der Waals surface area contributed by atoms with Gasteiger partial charge in [0.25, 0.3) is 11.8 Å². The molecule has 114 valence electrons. The van der Waals surface area contributed by atoms with Crippen LogP contribution in [0.15, 0.2) is 24.3 Å². The van der Waals surface area contributed by atoms with E-state index in [1.165, 1.54) is 4.90 Å². The molecule has 21 heavy (non-hydrogen) atoms. The van der Waals surface area contributed by atoms with Crippen molar-refractivity contribution in [1.29, 1.82) is 0 Å². The molecule has 1 aromatic carbocycles. The van der Waals surface area contributed by atoms with Crippen molar-refractivity contribution in [1.82, 2.24) is 9.13 Å². The summed E-state index contributed by atoms with van der Waals surface area (Å²) in [6.07, 6.45) is 0.877. The van der Waals surface area contributed by atoms with Gasteiger partial charge in [-0.15, -0.1) is 0 Å². The van der Waals surface area contributed by atoms with E-state index in [1.54, 1.807) is 12.1 Å². The summed E-state index contributed by atoms with van der Waals surface area (Å²) in [5.74, 6) is -0.267. The Labute approximate surface area is 130 Å². The van der Waals surface area contributed by atoms with Crippen molar-refractivity contribution in [3.05, 3.63) is 35.4 Å². The Bertz CT molecular complexity index is 503. The molecule has 0 aromatic heterocycles. The lowest BCUT2D eigenvalue weighted by Crippen LogP contribution is -2.44. The lowest BCUT2D eigenvalue weighted by molar-refractivity contribution is 0.0652. The quantitative estimate of drug-likeness (QED) is 0.594. The first-order valence-electron chi connectivity index (χ1n) is 7.64.